The lowest BCUT2D eigenvalue weighted by Gasteiger charge is -2.01. The fourth-order valence-electron chi connectivity index (χ4n) is 2.75. The van der Waals surface area contributed by atoms with Gasteiger partial charge in [0.05, 0.1) is 5.02 Å². The van der Waals surface area contributed by atoms with E-state index in [-0.39, 0.29) is 0 Å². The van der Waals surface area contributed by atoms with E-state index in [0.717, 1.165) is 39.0 Å². The predicted octanol–water partition coefficient (Wildman–Crippen LogP) is 5.25. The molecule has 0 aliphatic carbocycles. The topological polar surface area (TPSA) is 41.6 Å². The van der Waals surface area contributed by atoms with Gasteiger partial charge in [-0.15, -0.1) is 0 Å². The van der Waals surface area contributed by atoms with E-state index >= 15 is 0 Å². The van der Waals surface area contributed by atoms with Crippen LogP contribution in [0.3, 0.4) is 0 Å². The predicted molar refractivity (Wildman–Crippen MR) is 94.5 cm³/mol. The summed E-state index contributed by atoms with van der Waals surface area (Å²) in [6.07, 6.45) is 5.30. The Kier molecular flexibility index (Phi) is 3.36. The SMILES string of the molecule is Cc1cc(-c2cc3cc(-c4cncc(Cl)c4)ccc3[nH]2)ccn1. The normalized spacial score (nSPS) is 11.0. The summed E-state index contributed by atoms with van der Waals surface area (Å²) in [4.78, 5) is 11.9. The van der Waals surface area contributed by atoms with Crippen molar-refractivity contribution in [2.24, 2.45) is 0 Å². The van der Waals surface area contributed by atoms with Crippen molar-refractivity contribution < 1.29 is 0 Å². The Morgan fingerprint density at radius 1 is 0.913 bits per heavy atom. The van der Waals surface area contributed by atoms with Crippen molar-refractivity contribution in [2.75, 3.05) is 0 Å². The molecular weight excluding hydrogens is 306 g/mol. The summed E-state index contributed by atoms with van der Waals surface area (Å²) in [7, 11) is 0. The van der Waals surface area contributed by atoms with Gasteiger partial charge in [-0.05, 0) is 48.9 Å². The highest BCUT2D eigenvalue weighted by Crippen LogP contribution is 2.29. The van der Waals surface area contributed by atoms with E-state index in [1.54, 1.807) is 6.20 Å². The Labute approximate surface area is 139 Å². The molecule has 3 nitrogen and oxygen atoms in total. The van der Waals surface area contributed by atoms with E-state index in [9.17, 15) is 0 Å². The average Bonchev–Trinajstić information content (AvgIpc) is 2.98. The van der Waals surface area contributed by atoms with Crippen molar-refractivity contribution in [2.45, 2.75) is 6.92 Å². The lowest BCUT2D eigenvalue weighted by molar-refractivity contribution is 1.20. The lowest BCUT2D eigenvalue weighted by atomic mass is 10.1. The molecule has 0 aliphatic heterocycles. The van der Waals surface area contributed by atoms with Gasteiger partial charge in [-0.3, -0.25) is 9.97 Å². The molecule has 0 fully saturated rings. The molecule has 23 heavy (non-hydrogen) atoms. The molecule has 0 aliphatic rings. The van der Waals surface area contributed by atoms with E-state index in [0.29, 0.717) is 5.02 Å². The van der Waals surface area contributed by atoms with Gasteiger partial charge in [-0.2, -0.15) is 0 Å². The molecular formula is C19H14ClN3. The van der Waals surface area contributed by atoms with E-state index < -0.39 is 0 Å². The molecule has 0 saturated carbocycles. The molecule has 3 heterocycles. The molecule has 0 radical (unpaired) electrons. The summed E-state index contributed by atoms with van der Waals surface area (Å²) in [5.41, 5.74) is 6.46. The van der Waals surface area contributed by atoms with Crippen LogP contribution >= 0.6 is 11.6 Å². The number of aromatic nitrogens is 3. The smallest absolute Gasteiger partial charge is 0.0595 e. The number of hydrogen-bond acceptors (Lipinski definition) is 2. The fraction of sp³-hybridized carbons (Fsp3) is 0.0526. The number of fused-ring (bicyclic) bond motifs is 1. The van der Waals surface area contributed by atoms with Gasteiger partial charge in [0, 0.05) is 52.0 Å². The summed E-state index contributed by atoms with van der Waals surface area (Å²) >= 11 is 6.04. The van der Waals surface area contributed by atoms with Crippen molar-refractivity contribution >= 4 is 22.5 Å². The first-order valence-electron chi connectivity index (χ1n) is 7.36. The molecule has 0 bridgehead atoms. The van der Waals surface area contributed by atoms with Gasteiger partial charge in [0.2, 0.25) is 0 Å². The number of aryl methyl sites for hydroxylation is 1. The van der Waals surface area contributed by atoms with Crippen molar-refractivity contribution in [3.63, 3.8) is 0 Å². The van der Waals surface area contributed by atoms with Crippen LogP contribution in [0.25, 0.3) is 33.3 Å². The van der Waals surface area contributed by atoms with Gasteiger partial charge in [-0.1, -0.05) is 17.7 Å². The first kappa shape index (κ1) is 14.0. The van der Waals surface area contributed by atoms with E-state index in [1.807, 2.05) is 31.5 Å². The summed E-state index contributed by atoms with van der Waals surface area (Å²) < 4.78 is 0. The van der Waals surface area contributed by atoms with Crippen LogP contribution in [-0.2, 0) is 0 Å². The van der Waals surface area contributed by atoms with Crippen LogP contribution in [0.2, 0.25) is 5.02 Å². The zero-order valence-electron chi connectivity index (χ0n) is 12.5. The summed E-state index contributed by atoms with van der Waals surface area (Å²) in [5, 5.41) is 1.80. The molecule has 0 atom stereocenters. The van der Waals surface area contributed by atoms with Crippen LogP contribution in [0.4, 0.5) is 0 Å². The molecule has 0 spiro atoms. The van der Waals surface area contributed by atoms with Crippen LogP contribution in [0.1, 0.15) is 5.69 Å². The average molecular weight is 320 g/mol. The Morgan fingerprint density at radius 3 is 2.65 bits per heavy atom. The van der Waals surface area contributed by atoms with Crippen LogP contribution < -0.4 is 0 Å². The van der Waals surface area contributed by atoms with Crippen LogP contribution in [0.5, 0.6) is 0 Å². The Morgan fingerprint density at radius 2 is 1.83 bits per heavy atom. The van der Waals surface area contributed by atoms with E-state index in [1.165, 1.54) is 0 Å². The number of pyridine rings is 2. The third-order valence-corrected chi connectivity index (χ3v) is 4.07. The minimum atomic E-state index is 0.643. The second kappa shape index (κ2) is 5.52. The second-order valence-electron chi connectivity index (χ2n) is 5.56. The number of halogens is 1. The minimum Gasteiger partial charge on any atom is -0.355 e. The summed E-state index contributed by atoms with van der Waals surface area (Å²) in [5.74, 6) is 0. The second-order valence-corrected chi connectivity index (χ2v) is 6.00. The zero-order valence-corrected chi connectivity index (χ0v) is 13.3. The molecule has 1 aromatic carbocycles. The Hall–Kier alpha value is -2.65. The maximum Gasteiger partial charge on any atom is 0.0595 e. The maximum atomic E-state index is 6.04. The Bertz CT molecular complexity index is 961. The van der Waals surface area contributed by atoms with Crippen molar-refractivity contribution in [3.05, 3.63) is 71.8 Å². The minimum absolute atomic E-state index is 0.643. The molecule has 0 saturated heterocycles. The van der Waals surface area contributed by atoms with Crippen LogP contribution in [-0.4, -0.2) is 15.0 Å². The van der Waals surface area contributed by atoms with Gasteiger partial charge in [0.25, 0.3) is 0 Å². The highest BCUT2D eigenvalue weighted by Gasteiger charge is 2.06. The number of aromatic amines is 1. The first-order valence-corrected chi connectivity index (χ1v) is 7.73. The summed E-state index contributed by atoms with van der Waals surface area (Å²) in [6, 6.07) is 14.5. The molecule has 0 unspecified atom stereocenters. The first-order chi connectivity index (χ1) is 11.2. The molecule has 4 rings (SSSR count). The molecule has 4 heteroatoms. The van der Waals surface area contributed by atoms with Crippen molar-refractivity contribution in [1.29, 1.82) is 0 Å². The lowest BCUT2D eigenvalue weighted by Crippen LogP contribution is -1.82. The van der Waals surface area contributed by atoms with Gasteiger partial charge < -0.3 is 4.98 Å². The monoisotopic (exact) mass is 319 g/mol. The number of benzene rings is 1. The standard InChI is InChI=1S/C19H14ClN3/c1-12-6-14(4-5-22-12)19-9-15-7-13(2-3-18(15)23-19)16-8-17(20)11-21-10-16/h2-11,23H,1H3. The van der Waals surface area contributed by atoms with Crippen LogP contribution in [0, 0.1) is 6.92 Å². The van der Waals surface area contributed by atoms with Crippen LogP contribution in [0.15, 0.2) is 61.1 Å². The third-order valence-electron chi connectivity index (χ3n) is 3.87. The fourth-order valence-corrected chi connectivity index (χ4v) is 2.92. The zero-order chi connectivity index (χ0) is 15.8. The third kappa shape index (κ3) is 2.71. The van der Waals surface area contributed by atoms with Gasteiger partial charge in [-0.25, -0.2) is 0 Å². The van der Waals surface area contributed by atoms with Crippen molar-refractivity contribution in [3.8, 4) is 22.4 Å². The Balaban J connectivity index is 1.81. The molecule has 112 valence electrons. The number of nitrogens with one attached hydrogen (secondary N) is 1. The van der Waals surface area contributed by atoms with E-state index in [2.05, 4.69) is 45.3 Å². The highest BCUT2D eigenvalue weighted by molar-refractivity contribution is 6.30. The van der Waals surface area contributed by atoms with Gasteiger partial charge in [0.15, 0.2) is 0 Å². The summed E-state index contributed by atoms with van der Waals surface area (Å²) in [6.45, 7) is 2.00. The van der Waals surface area contributed by atoms with Gasteiger partial charge >= 0.3 is 0 Å². The highest BCUT2D eigenvalue weighted by atomic mass is 35.5. The molecule has 0 amide bonds. The number of hydrogen-bond donors (Lipinski definition) is 1. The largest absolute Gasteiger partial charge is 0.355 e. The number of H-pyrrole nitrogens is 1. The molecule has 1 N–H and O–H groups in total. The van der Waals surface area contributed by atoms with Crippen molar-refractivity contribution in [1.82, 2.24) is 15.0 Å². The van der Waals surface area contributed by atoms with E-state index in [4.69, 9.17) is 11.6 Å². The number of nitrogens with zero attached hydrogens (tertiary/aromatic N) is 2. The molecule has 3 aromatic heterocycles. The molecule has 4 aromatic rings. The van der Waals surface area contributed by atoms with Gasteiger partial charge in [0.1, 0.15) is 0 Å². The number of rotatable bonds is 2. The quantitative estimate of drug-likeness (QED) is 0.548. The maximum absolute atomic E-state index is 6.04.